The Balaban J connectivity index is 1.63. The van der Waals surface area contributed by atoms with Crippen LogP contribution in [0.4, 0.5) is 5.69 Å². The van der Waals surface area contributed by atoms with Crippen LogP contribution < -0.4 is 9.47 Å². The number of rotatable bonds is 38. The van der Waals surface area contributed by atoms with Gasteiger partial charge in [0.1, 0.15) is 6.54 Å². The van der Waals surface area contributed by atoms with Gasteiger partial charge in [-0.1, -0.05) is 231 Å². The van der Waals surface area contributed by atoms with Crippen molar-refractivity contribution in [3.8, 4) is 0 Å². The minimum atomic E-state index is 1.01. The highest BCUT2D eigenvalue weighted by atomic mass is 15.1. The molecule has 2 nitrogen and oxygen atoms in total. The van der Waals surface area contributed by atoms with E-state index in [1.165, 1.54) is 235 Å². The molecule has 0 unspecified atom stereocenters. The predicted octanol–water partition coefficient (Wildman–Crippen LogP) is 16.5. The van der Waals surface area contributed by atoms with Crippen LogP contribution >= 0.6 is 0 Å². The summed E-state index contributed by atoms with van der Waals surface area (Å²) in [7, 11) is 0. The van der Waals surface area contributed by atoms with E-state index < -0.39 is 0 Å². The molecule has 0 spiro atoms. The standard InChI is InChI=1S/C51H89N2/c1-4-7-9-11-13-15-17-19-21-23-25-27-29-31-33-35-45-53(46-36-34-32-30-28-26-24-22-20-18-16-14-12-10-8-5-2)51-41-39-49(40-42-51)37-38-50-43-47-52(6-3)48-44-50/h37-44,47-48H,4-36,45-46H2,1-3H3/q+1. The first kappa shape index (κ1) is 47.1. The van der Waals surface area contributed by atoms with E-state index >= 15 is 0 Å². The zero-order valence-corrected chi connectivity index (χ0v) is 35.9. The summed E-state index contributed by atoms with van der Waals surface area (Å²) in [6.07, 6.45) is 54.7. The highest BCUT2D eigenvalue weighted by molar-refractivity contribution is 5.70. The van der Waals surface area contributed by atoms with Crippen molar-refractivity contribution in [3.05, 3.63) is 59.9 Å². The fourth-order valence-corrected chi connectivity index (χ4v) is 7.85. The van der Waals surface area contributed by atoms with Gasteiger partial charge in [-0.05, 0) is 43.0 Å². The van der Waals surface area contributed by atoms with Crippen LogP contribution in [0.15, 0.2) is 48.8 Å². The molecular formula is C51H89N2+. The van der Waals surface area contributed by atoms with Crippen LogP contribution in [-0.2, 0) is 6.54 Å². The van der Waals surface area contributed by atoms with Crippen molar-refractivity contribution < 1.29 is 4.57 Å². The number of nitrogens with zero attached hydrogens (tertiary/aromatic N) is 2. The number of aryl methyl sites for hydroxylation is 1. The van der Waals surface area contributed by atoms with Crippen LogP contribution in [0.2, 0.25) is 0 Å². The number of hydrogen-bond acceptors (Lipinski definition) is 1. The second-order valence-corrected chi connectivity index (χ2v) is 16.5. The van der Waals surface area contributed by atoms with Gasteiger partial charge in [0.15, 0.2) is 12.4 Å². The van der Waals surface area contributed by atoms with E-state index in [1.54, 1.807) is 0 Å². The van der Waals surface area contributed by atoms with Crippen molar-refractivity contribution in [1.29, 1.82) is 0 Å². The lowest BCUT2D eigenvalue weighted by Crippen LogP contribution is -2.30. The van der Waals surface area contributed by atoms with Crippen LogP contribution in [0.3, 0.4) is 0 Å². The van der Waals surface area contributed by atoms with Gasteiger partial charge in [0.05, 0.1) is 0 Å². The molecule has 0 aliphatic carbocycles. The molecule has 0 atom stereocenters. The average Bonchev–Trinajstić information content (AvgIpc) is 3.19. The van der Waals surface area contributed by atoms with Crippen LogP contribution in [0.1, 0.15) is 237 Å². The molecule has 2 heteroatoms. The van der Waals surface area contributed by atoms with E-state index in [1.807, 2.05) is 0 Å². The Morgan fingerprint density at radius 2 is 0.642 bits per heavy atom. The molecule has 0 bridgehead atoms. The lowest BCUT2D eigenvalue weighted by molar-refractivity contribution is -0.693. The van der Waals surface area contributed by atoms with Gasteiger partial charge in [-0.25, -0.2) is 4.57 Å². The fourth-order valence-electron chi connectivity index (χ4n) is 7.85. The van der Waals surface area contributed by atoms with E-state index in [4.69, 9.17) is 0 Å². The highest BCUT2D eigenvalue weighted by Gasteiger charge is 2.07. The van der Waals surface area contributed by atoms with Gasteiger partial charge in [0.25, 0.3) is 0 Å². The minimum Gasteiger partial charge on any atom is -0.372 e. The number of anilines is 1. The molecule has 0 fully saturated rings. The van der Waals surface area contributed by atoms with Crippen molar-refractivity contribution in [2.45, 2.75) is 233 Å². The zero-order valence-electron chi connectivity index (χ0n) is 35.9. The monoisotopic (exact) mass is 730 g/mol. The van der Waals surface area contributed by atoms with Crippen molar-refractivity contribution in [3.63, 3.8) is 0 Å². The summed E-state index contributed by atoms with van der Waals surface area (Å²) in [5.74, 6) is 0. The normalized spacial score (nSPS) is 11.6. The van der Waals surface area contributed by atoms with Crippen LogP contribution in [0, 0.1) is 0 Å². The van der Waals surface area contributed by atoms with Crippen molar-refractivity contribution in [1.82, 2.24) is 0 Å². The molecular weight excluding hydrogens is 641 g/mol. The highest BCUT2D eigenvalue weighted by Crippen LogP contribution is 2.21. The van der Waals surface area contributed by atoms with Crippen LogP contribution in [0.5, 0.6) is 0 Å². The molecule has 2 rings (SSSR count). The topological polar surface area (TPSA) is 7.12 Å². The summed E-state index contributed by atoms with van der Waals surface area (Å²) in [4.78, 5) is 2.70. The largest absolute Gasteiger partial charge is 0.372 e. The van der Waals surface area contributed by atoms with Crippen molar-refractivity contribution in [2.24, 2.45) is 0 Å². The van der Waals surface area contributed by atoms with Gasteiger partial charge in [-0.15, -0.1) is 0 Å². The molecule has 0 N–H and O–H groups in total. The Morgan fingerprint density at radius 3 is 0.943 bits per heavy atom. The van der Waals surface area contributed by atoms with Gasteiger partial charge in [-0.3, -0.25) is 0 Å². The average molecular weight is 730 g/mol. The molecule has 0 aliphatic rings. The molecule has 1 heterocycles. The van der Waals surface area contributed by atoms with Crippen molar-refractivity contribution in [2.75, 3.05) is 18.0 Å². The lowest BCUT2D eigenvalue weighted by atomic mass is 10.0. The van der Waals surface area contributed by atoms with E-state index in [9.17, 15) is 0 Å². The summed E-state index contributed by atoms with van der Waals surface area (Å²) < 4.78 is 2.21. The first-order chi connectivity index (χ1) is 26.3. The molecule has 0 saturated carbocycles. The molecule has 0 aliphatic heterocycles. The van der Waals surface area contributed by atoms with E-state index in [-0.39, 0.29) is 0 Å². The second-order valence-electron chi connectivity index (χ2n) is 16.5. The third kappa shape index (κ3) is 27.2. The zero-order chi connectivity index (χ0) is 37.7. The summed E-state index contributed by atoms with van der Waals surface area (Å²) in [6, 6.07) is 13.8. The maximum atomic E-state index is 2.70. The Labute approximate surface area is 332 Å². The third-order valence-electron chi connectivity index (χ3n) is 11.6. The van der Waals surface area contributed by atoms with E-state index in [0.717, 1.165) is 6.54 Å². The first-order valence-electron chi connectivity index (χ1n) is 23.8. The van der Waals surface area contributed by atoms with Gasteiger partial charge in [0.2, 0.25) is 0 Å². The van der Waals surface area contributed by atoms with Gasteiger partial charge >= 0.3 is 0 Å². The molecule has 0 radical (unpaired) electrons. The molecule has 1 aromatic heterocycles. The summed E-state index contributed by atoms with van der Waals surface area (Å²) >= 11 is 0. The van der Waals surface area contributed by atoms with Crippen LogP contribution in [0.25, 0.3) is 12.2 Å². The number of hydrogen-bond donors (Lipinski definition) is 0. The Bertz CT molecular complexity index is 1020. The molecule has 53 heavy (non-hydrogen) atoms. The Morgan fingerprint density at radius 1 is 0.358 bits per heavy atom. The maximum absolute atomic E-state index is 2.70. The third-order valence-corrected chi connectivity index (χ3v) is 11.6. The quantitative estimate of drug-likeness (QED) is 0.0493. The molecule has 0 saturated heterocycles. The molecule has 0 amide bonds. The maximum Gasteiger partial charge on any atom is 0.169 e. The second kappa shape index (κ2) is 35.6. The lowest BCUT2D eigenvalue weighted by Gasteiger charge is -2.25. The predicted molar refractivity (Wildman–Crippen MR) is 239 cm³/mol. The van der Waals surface area contributed by atoms with Crippen molar-refractivity contribution >= 4 is 17.8 Å². The summed E-state index contributed by atoms with van der Waals surface area (Å²) in [6.45, 7) is 10.2. The Kier molecular flexibility index (Phi) is 31.6. The van der Waals surface area contributed by atoms with Gasteiger partial charge in [-0.2, -0.15) is 0 Å². The minimum absolute atomic E-state index is 1.01. The molecule has 1 aromatic carbocycles. The van der Waals surface area contributed by atoms with E-state index in [2.05, 4.69) is 91.2 Å². The van der Waals surface area contributed by atoms with E-state index in [0.29, 0.717) is 0 Å². The number of unbranched alkanes of at least 4 members (excludes halogenated alkanes) is 30. The fraction of sp³-hybridized carbons (Fsp3) is 0.745. The van der Waals surface area contributed by atoms with Crippen LogP contribution in [-0.4, -0.2) is 13.1 Å². The SMILES string of the molecule is CCCCCCCCCCCCCCCCCCN(CCCCCCCCCCCCCCCCCC)c1ccc(/C=C/c2cc[n+](CC)cc2)cc1. The number of aromatic nitrogens is 1. The Hall–Kier alpha value is -2.09. The summed E-state index contributed by atoms with van der Waals surface area (Å²) in [5, 5.41) is 0. The van der Waals surface area contributed by atoms with Gasteiger partial charge in [0, 0.05) is 30.9 Å². The number of benzene rings is 1. The van der Waals surface area contributed by atoms with Gasteiger partial charge < -0.3 is 4.90 Å². The number of pyridine rings is 1. The first-order valence-corrected chi connectivity index (χ1v) is 23.8. The molecule has 2 aromatic rings. The molecule has 302 valence electrons. The smallest absolute Gasteiger partial charge is 0.169 e. The summed E-state index contributed by atoms with van der Waals surface area (Å²) in [5.41, 5.74) is 3.95.